The van der Waals surface area contributed by atoms with Crippen molar-refractivity contribution in [1.82, 2.24) is 19.5 Å². The molecule has 4 rings (SSSR count). The largest absolute Gasteiger partial charge is 0.497 e. The Hall–Kier alpha value is -2.16. The summed E-state index contributed by atoms with van der Waals surface area (Å²) in [6, 6.07) is 7.82. The first-order valence-corrected chi connectivity index (χ1v) is 10.1. The fourth-order valence-electron chi connectivity index (χ4n) is 3.58. The Kier molecular flexibility index (Phi) is 5.03. The molecule has 2 aromatic heterocycles. The highest BCUT2D eigenvalue weighted by Gasteiger charge is 2.31. The number of piperidine rings is 1. The quantitative estimate of drug-likeness (QED) is 0.699. The lowest BCUT2D eigenvalue weighted by Crippen LogP contribution is -2.38. The summed E-state index contributed by atoms with van der Waals surface area (Å²) in [4.78, 5) is 8.34. The number of hydrogen-bond donors (Lipinski definition) is 2. The van der Waals surface area contributed by atoms with Crippen molar-refractivity contribution in [2.24, 2.45) is 0 Å². The highest BCUT2D eigenvalue weighted by molar-refractivity contribution is 7.17. The average Bonchev–Trinajstić information content (AvgIpc) is 3.23. The molecule has 0 radical (unpaired) electrons. The van der Waals surface area contributed by atoms with E-state index < -0.39 is 0 Å². The van der Waals surface area contributed by atoms with Gasteiger partial charge in [0.1, 0.15) is 5.75 Å². The minimum absolute atomic E-state index is 0.109. The zero-order valence-corrected chi connectivity index (χ0v) is 16.3. The molecular weight excluding hydrogens is 364 g/mol. The molecule has 3 heterocycles. The van der Waals surface area contributed by atoms with Crippen molar-refractivity contribution in [1.29, 1.82) is 0 Å². The van der Waals surface area contributed by atoms with Crippen LogP contribution >= 0.6 is 11.3 Å². The molecule has 0 saturated carbocycles. The molecule has 2 N–H and O–H groups in total. The number of aromatic nitrogens is 3. The molecule has 1 aromatic carbocycles. The number of rotatable bonds is 5. The molecule has 7 nitrogen and oxygen atoms in total. The molecule has 0 amide bonds. The van der Waals surface area contributed by atoms with Crippen LogP contribution in [0.1, 0.15) is 42.1 Å². The van der Waals surface area contributed by atoms with E-state index in [-0.39, 0.29) is 18.0 Å². The summed E-state index contributed by atoms with van der Waals surface area (Å²) >= 11 is 1.47. The van der Waals surface area contributed by atoms with Crippen molar-refractivity contribution >= 4 is 16.3 Å². The van der Waals surface area contributed by atoms with Crippen LogP contribution in [0.2, 0.25) is 0 Å². The topological polar surface area (TPSA) is 83.1 Å². The zero-order chi connectivity index (χ0) is 19.0. The summed E-state index contributed by atoms with van der Waals surface area (Å²) in [7, 11) is 1.65. The van der Waals surface area contributed by atoms with E-state index in [2.05, 4.69) is 15.0 Å². The van der Waals surface area contributed by atoms with Gasteiger partial charge in [-0.25, -0.2) is 4.98 Å². The first-order valence-electron chi connectivity index (χ1n) is 9.24. The molecule has 3 aromatic rings. The fraction of sp³-hybridized carbons (Fsp3) is 0.474. The lowest BCUT2D eigenvalue weighted by atomic mass is 9.99. The summed E-state index contributed by atoms with van der Waals surface area (Å²) in [6.45, 7) is 3.53. The van der Waals surface area contributed by atoms with Gasteiger partial charge in [-0.3, -0.25) is 4.90 Å². The maximum absolute atomic E-state index is 10.9. The van der Waals surface area contributed by atoms with Crippen molar-refractivity contribution < 1.29 is 14.9 Å². The molecule has 27 heavy (non-hydrogen) atoms. The summed E-state index contributed by atoms with van der Waals surface area (Å²) in [5.74, 6) is 1.67. The summed E-state index contributed by atoms with van der Waals surface area (Å²) < 4.78 is 6.82. The van der Waals surface area contributed by atoms with Gasteiger partial charge in [0.2, 0.25) is 10.8 Å². The molecular formula is C19H24N4O3S. The maximum Gasteiger partial charge on any atom is 0.230 e. The summed E-state index contributed by atoms with van der Waals surface area (Å²) in [6.07, 6.45) is 1.94. The van der Waals surface area contributed by atoms with E-state index >= 15 is 0 Å². The zero-order valence-electron chi connectivity index (χ0n) is 15.5. The van der Waals surface area contributed by atoms with Crippen LogP contribution in [0.5, 0.6) is 11.6 Å². The standard InChI is InChI=1S/C19H24N4O3S/c1-3-15-20-19-23(21-15)18(25)17(27-19)16(22-10-8-13(24)9-11-22)12-4-6-14(26-2)7-5-12/h4-7,13,16,24-25H,3,8-11H2,1-2H3/t16-/m1/s1. The Bertz CT molecular complexity index is 913. The van der Waals surface area contributed by atoms with E-state index in [1.165, 1.54) is 15.9 Å². The first-order chi connectivity index (χ1) is 13.1. The Labute approximate surface area is 161 Å². The number of nitrogens with zero attached hydrogens (tertiary/aromatic N) is 4. The third-order valence-corrected chi connectivity index (χ3v) is 6.18. The molecule has 1 aliphatic rings. The Balaban J connectivity index is 1.77. The third-order valence-electron chi connectivity index (χ3n) is 5.10. The van der Waals surface area contributed by atoms with Crippen LogP contribution in [0, 0.1) is 0 Å². The number of aliphatic hydroxyl groups is 1. The normalized spacial score (nSPS) is 17.4. The molecule has 0 spiro atoms. The number of thiazole rings is 1. The van der Waals surface area contributed by atoms with Crippen molar-refractivity contribution in [2.45, 2.75) is 38.3 Å². The van der Waals surface area contributed by atoms with Crippen LogP contribution in [0.15, 0.2) is 24.3 Å². The molecule has 0 unspecified atom stereocenters. The molecule has 1 fully saturated rings. The van der Waals surface area contributed by atoms with Crippen molar-refractivity contribution in [3.05, 3.63) is 40.5 Å². The van der Waals surface area contributed by atoms with Crippen LogP contribution in [0.25, 0.3) is 4.96 Å². The van der Waals surface area contributed by atoms with Crippen LogP contribution in [0.4, 0.5) is 0 Å². The lowest BCUT2D eigenvalue weighted by molar-refractivity contribution is 0.0689. The maximum atomic E-state index is 10.9. The van der Waals surface area contributed by atoms with E-state index in [4.69, 9.17) is 4.74 Å². The van der Waals surface area contributed by atoms with Gasteiger partial charge in [-0.1, -0.05) is 30.4 Å². The monoisotopic (exact) mass is 388 g/mol. The number of benzene rings is 1. The number of ether oxygens (including phenoxy) is 1. The van der Waals surface area contributed by atoms with Gasteiger partial charge in [-0.2, -0.15) is 4.52 Å². The van der Waals surface area contributed by atoms with Gasteiger partial charge in [0.25, 0.3) is 0 Å². The average molecular weight is 388 g/mol. The van der Waals surface area contributed by atoms with E-state index in [1.54, 1.807) is 7.11 Å². The molecule has 1 atom stereocenters. The minimum Gasteiger partial charge on any atom is -0.497 e. The predicted octanol–water partition coefficient (Wildman–Crippen LogP) is 2.61. The van der Waals surface area contributed by atoms with Gasteiger partial charge in [-0.05, 0) is 30.5 Å². The number of hydrogen-bond acceptors (Lipinski definition) is 7. The smallest absolute Gasteiger partial charge is 0.230 e. The fourth-order valence-corrected chi connectivity index (χ4v) is 4.71. The number of aryl methyl sites for hydroxylation is 1. The Morgan fingerprint density at radius 1 is 1.26 bits per heavy atom. The highest BCUT2D eigenvalue weighted by atomic mass is 32.1. The van der Waals surface area contributed by atoms with Gasteiger partial charge in [0.05, 0.1) is 24.1 Å². The van der Waals surface area contributed by atoms with Crippen molar-refractivity contribution in [2.75, 3.05) is 20.2 Å². The van der Waals surface area contributed by atoms with Gasteiger partial charge in [0.15, 0.2) is 5.82 Å². The van der Waals surface area contributed by atoms with Gasteiger partial charge in [0, 0.05) is 19.5 Å². The molecule has 8 heteroatoms. The van der Waals surface area contributed by atoms with Gasteiger partial charge >= 0.3 is 0 Å². The Morgan fingerprint density at radius 3 is 2.56 bits per heavy atom. The van der Waals surface area contributed by atoms with Crippen molar-refractivity contribution in [3.63, 3.8) is 0 Å². The number of aliphatic hydroxyl groups excluding tert-OH is 1. The first kappa shape index (κ1) is 18.2. The molecule has 1 aliphatic heterocycles. The third kappa shape index (κ3) is 3.40. The number of methoxy groups -OCH3 is 1. The number of fused-ring (bicyclic) bond motifs is 1. The van der Waals surface area contributed by atoms with Gasteiger partial charge in [-0.15, -0.1) is 5.10 Å². The van der Waals surface area contributed by atoms with Crippen LogP contribution in [-0.2, 0) is 6.42 Å². The van der Waals surface area contributed by atoms with E-state index in [0.29, 0.717) is 4.96 Å². The molecule has 0 aliphatic carbocycles. The van der Waals surface area contributed by atoms with Crippen molar-refractivity contribution in [3.8, 4) is 11.6 Å². The van der Waals surface area contributed by atoms with E-state index in [1.807, 2.05) is 31.2 Å². The number of aromatic hydroxyl groups is 1. The van der Waals surface area contributed by atoms with Crippen LogP contribution < -0.4 is 4.74 Å². The van der Waals surface area contributed by atoms with Gasteiger partial charge < -0.3 is 14.9 Å². The SMILES string of the molecule is CCc1nc2sc([C@@H](c3ccc(OC)cc3)N3CCC(O)CC3)c(O)n2n1. The highest BCUT2D eigenvalue weighted by Crippen LogP contribution is 2.41. The molecule has 0 bridgehead atoms. The number of likely N-dealkylation sites (tertiary alicyclic amines) is 1. The Morgan fingerprint density at radius 2 is 1.96 bits per heavy atom. The van der Waals surface area contributed by atoms with Crippen LogP contribution in [0.3, 0.4) is 0 Å². The molecule has 144 valence electrons. The van der Waals surface area contributed by atoms with Crippen LogP contribution in [-0.4, -0.2) is 56.0 Å². The minimum atomic E-state index is -0.249. The summed E-state index contributed by atoms with van der Waals surface area (Å²) in [5, 5.41) is 25.2. The predicted molar refractivity (Wildman–Crippen MR) is 104 cm³/mol. The second-order valence-electron chi connectivity index (χ2n) is 6.81. The van der Waals surface area contributed by atoms with E-state index in [0.717, 1.165) is 54.4 Å². The van der Waals surface area contributed by atoms with E-state index in [9.17, 15) is 10.2 Å². The lowest BCUT2D eigenvalue weighted by Gasteiger charge is -2.36. The molecule has 1 saturated heterocycles. The summed E-state index contributed by atoms with van der Waals surface area (Å²) in [5.41, 5.74) is 1.07. The second-order valence-corrected chi connectivity index (χ2v) is 7.82. The second kappa shape index (κ2) is 7.46.